The van der Waals surface area contributed by atoms with Gasteiger partial charge >= 0.3 is 0 Å². The minimum absolute atomic E-state index is 0.279. The van der Waals surface area contributed by atoms with Gasteiger partial charge in [0, 0.05) is 49.4 Å². The molecule has 0 amide bonds. The molecule has 1 fully saturated rings. The Morgan fingerprint density at radius 2 is 1.88 bits per heavy atom. The average molecular weight is 375 g/mol. The second-order valence-electron chi connectivity index (χ2n) is 6.43. The zero-order valence-electron chi connectivity index (χ0n) is 15.1. The van der Waals surface area contributed by atoms with Crippen LogP contribution in [-0.4, -0.2) is 66.0 Å². The van der Waals surface area contributed by atoms with Crippen LogP contribution in [0.2, 0.25) is 0 Å². The van der Waals surface area contributed by atoms with Gasteiger partial charge in [-0.25, -0.2) is 18.4 Å². The second-order valence-corrected chi connectivity index (χ2v) is 8.73. The van der Waals surface area contributed by atoms with Crippen LogP contribution in [0.4, 0.5) is 5.82 Å². The van der Waals surface area contributed by atoms with Crippen molar-refractivity contribution in [3.63, 3.8) is 0 Å². The van der Waals surface area contributed by atoms with Crippen LogP contribution in [0.1, 0.15) is 19.0 Å². The molecule has 1 N–H and O–H groups in total. The van der Waals surface area contributed by atoms with E-state index in [4.69, 9.17) is 0 Å². The molecular formula is C18H25N5O2S. The van der Waals surface area contributed by atoms with Gasteiger partial charge in [0.05, 0.1) is 11.5 Å². The third-order valence-corrected chi connectivity index (χ3v) is 6.08. The van der Waals surface area contributed by atoms with Gasteiger partial charge in [0.1, 0.15) is 5.82 Å². The van der Waals surface area contributed by atoms with Crippen LogP contribution in [0.25, 0.3) is 11.4 Å². The Kier molecular flexibility index (Phi) is 6.16. The quantitative estimate of drug-likeness (QED) is 0.736. The predicted octanol–water partition coefficient (Wildman–Crippen LogP) is 1.63. The Morgan fingerprint density at radius 3 is 2.58 bits per heavy atom. The van der Waals surface area contributed by atoms with Crippen molar-refractivity contribution in [1.29, 1.82) is 0 Å². The third-order valence-electron chi connectivity index (χ3n) is 4.47. The van der Waals surface area contributed by atoms with Crippen molar-refractivity contribution >= 4 is 15.7 Å². The maximum absolute atomic E-state index is 11.5. The van der Waals surface area contributed by atoms with Crippen LogP contribution in [0.3, 0.4) is 0 Å². The molecule has 26 heavy (non-hydrogen) atoms. The van der Waals surface area contributed by atoms with Gasteiger partial charge in [-0.2, -0.15) is 0 Å². The van der Waals surface area contributed by atoms with E-state index in [1.54, 1.807) is 12.4 Å². The number of hydrogen-bond donors (Lipinski definition) is 1. The zero-order valence-corrected chi connectivity index (χ0v) is 15.9. The van der Waals surface area contributed by atoms with Crippen LogP contribution in [-0.2, 0) is 16.3 Å². The predicted molar refractivity (Wildman–Crippen MR) is 103 cm³/mol. The van der Waals surface area contributed by atoms with Gasteiger partial charge in [-0.05, 0) is 31.5 Å². The molecule has 2 aromatic rings. The zero-order chi connectivity index (χ0) is 18.4. The van der Waals surface area contributed by atoms with E-state index in [1.807, 2.05) is 18.2 Å². The number of anilines is 1. The molecule has 1 saturated heterocycles. The molecule has 1 aliphatic rings. The van der Waals surface area contributed by atoms with Crippen molar-refractivity contribution in [1.82, 2.24) is 19.9 Å². The Morgan fingerprint density at radius 1 is 1.15 bits per heavy atom. The van der Waals surface area contributed by atoms with Gasteiger partial charge < -0.3 is 10.2 Å². The Balaban J connectivity index is 1.55. The van der Waals surface area contributed by atoms with E-state index < -0.39 is 9.84 Å². The summed E-state index contributed by atoms with van der Waals surface area (Å²) in [6.07, 6.45) is 5.26. The van der Waals surface area contributed by atoms with Crippen LogP contribution in [0.5, 0.6) is 0 Å². The van der Waals surface area contributed by atoms with Crippen molar-refractivity contribution < 1.29 is 8.42 Å². The van der Waals surface area contributed by atoms with Gasteiger partial charge in [-0.1, -0.05) is 6.92 Å². The summed E-state index contributed by atoms with van der Waals surface area (Å²) in [7, 11) is -2.81. The fraction of sp³-hybridized carbons (Fsp3) is 0.500. The summed E-state index contributed by atoms with van der Waals surface area (Å²) < 4.78 is 22.9. The van der Waals surface area contributed by atoms with Crippen LogP contribution in [0.15, 0.2) is 30.6 Å². The maximum atomic E-state index is 11.5. The minimum atomic E-state index is -2.81. The Bertz CT molecular complexity index is 813. The molecule has 2 aromatic heterocycles. The van der Waals surface area contributed by atoms with Crippen molar-refractivity contribution in [3.8, 4) is 11.4 Å². The number of hydrogen-bond acceptors (Lipinski definition) is 7. The van der Waals surface area contributed by atoms with Gasteiger partial charge in [0.2, 0.25) is 0 Å². The number of nitrogens with one attached hydrogen (secondary N) is 1. The molecule has 8 heteroatoms. The molecule has 0 saturated carbocycles. The molecule has 1 aliphatic heterocycles. The molecule has 0 bridgehead atoms. The molecule has 0 radical (unpaired) electrons. The molecule has 0 atom stereocenters. The first-order valence-electron chi connectivity index (χ1n) is 9.01. The summed E-state index contributed by atoms with van der Waals surface area (Å²) in [5.41, 5.74) is 1.95. The molecular weight excluding hydrogens is 350 g/mol. The average Bonchev–Trinajstić information content (AvgIpc) is 2.67. The Labute approximate surface area is 154 Å². The molecule has 140 valence electrons. The first kappa shape index (κ1) is 18.7. The molecule has 0 aliphatic carbocycles. The van der Waals surface area contributed by atoms with E-state index in [0.29, 0.717) is 18.9 Å². The number of rotatable bonds is 7. The number of nitrogens with zero attached hydrogens (tertiary/aromatic N) is 4. The lowest BCUT2D eigenvalue weighted by Crippen LogP contribution is -2.41. The van der Waals surface area contributed by atoms with Crippen LogP contribution < -0.4 is 5.32 Å². The highest BCUT2D eigenvalue weighted by molar-refractivity contribution is 7.91. The van der Waals surface area contributed by atoms with E-state index in [-0.39, 0.29) is 11.5 Å². The lowest BCUT2D eigenvalue weighted by Gasteiger charge is -2.26. The van der Waals surface area contributed by atoms with E-state index >= 15 is 0 Å². The summed E-state index contributed by atoms with van der Waals surface area (Å²) in [6, 6.07) is 5.80. The number of pyridine rings is 1. The van der Waals surface area contributed by atoms with Crippen molar-refractivity contribution in [3.05, 3.63) is 36.3 Å². The Hall–Kier alpha value is -2.06. The first-order valence-corrected chi connectivity index (χ1v) is 10.8. The van der Waals surface area contributed by atoms with Crippen molar-refractivity contribution in [2.75, 3.05) is 43.0 Å². The summed E-state index contributed by atoms with van der Waals surface area (Å²) in [4.78, 5) is 15.5. The monoisotopic (exact) mass is 375 g/mol. The number of aromatic nitrogens is 3. The van der Waals surface area contributed by atoms with Gasteiger partial charge in [0.15, 0.2) is 15.7 Å². The number of aryl methyl sites for hydroxylation is 1. The van der Waals surface area contributed by atoms with Crippen molar-refractivity contribution in [2.24, 2.45) is 0 Å². The van der Waals surface area contributed by atoms with E-state index in [2.05, 4.69) is 32.1 Å². The summed E-state index contributed by atoms with van der Waals surface area (Å²) in [5, 5.41) is 3.37. The normalized spacial score (nSPS) is 17.1. The second kappa shape index (κ2) is 8.55. The van der Waals surface area contributed by atoms with Crippen LogP contribution >= 0.6 is 0 Å². The maximum Gasteiger partial charge on any atom is 0.161 e. The molecule has 3 rings (SSSR count). The summed E-state index contributed by atoms with van der Waals surface area (Å²) in [5.74, 6) is 2.09. The molecule has 0 unspecified atom stereocenters. The largest absolute Gasteiger partial charge is 0.370 e. The molecule has 0 aromatic carbocycles. The topological polar surface area (TPSA) is 88.1 Å². The highest BCUT2D eigenvalue weighted by atomic mass is 32.2. The highest BCUT2D eigenvalue weighted by Gasteiger charge is 2.20. The smallest absolute Gasteiger partial charge is 0.161 e. The van der Waals surface area contributed by atoms with Gasteiger partial charge in [-0.15, -0.1) is 0 Å². The van der Waals surface area contributed by atoms with E-state index in [9.17, 15) is 8.42 Å². The number of sulfone groups is 1. The highest BCUT2D eigenvalue weighted by Crippen LogP contribution is 2.17. The van der Waals surface area contributed by atoms with Gasteiger partial charge in [-0.3, -0.25) is 4.98 Å². The van der Waals surface area contributed by atoms with E-state index in [0.717, 1.165) is 43.0 Å². The third kappa shape index (κ3) is 5.22. The van der Waals surface area contributed by atoms with Crippen LogP contribution in [0, 0.1) is 0 Å². The SMILES string of the molecule is CCc1cc(NCCCN2CCS(=O)(=O)CC2)nc(-c2ccncc2)n1. The lowest BCUT2D eigenvalue weighted by atomic mass is 10.2. The molecule has 0 spiro atoms. The van der Waals surface area contributed by atoms with Gasteiger partial charge in [0.25, 0.3) is 0 Å². The first-order chi connectivity index (χ1) is 12.6. The van der Waals surface area contributed by atoms with E-state index in [1.165, 1.54) is 0 Å². The fourth-order valence-corrected chi connectivity index (χ4v) is 4.17. The standard InChI is InChI=1S/C18H25N5O2S/c1-2-16-14-17(22-18(21-16)15-4-7-19-8-5-15)20-6-3-9-23-10-12-26(24,25)13-11-23/h4-5,7-8,14H,2-3,6,9-13H2,1H3,(H,20,21,22). The summed E-state index contributed by atoms with van der Waals surface area (Å²) >= 11 is 0. The molecule has 7 nitrogen and oxygen atoms in total. The minimum Gasteiger partial charge on any atom is -0.370 e. The fourth-order valence-electron chi connectivity index (χ4n) is 2.89. The summed E-state index contributed by atoms with van der Waals surface area (Å²) in [6.45, 7) is 5.04. The molecule has 3 heterocycles. The van der Waals surface area contributed by atoms with Crippen molar-refractivity contribution in [2.45, 2.75) is 19.8 Å². The lowest BCUT2D eigenvalue weighted by molar-refractivity contribution is 0.294.